The van der Waals surface area contributed by atoms with Gasteiger partial charge in [0.2, 0.25) is 11.9 Å². The Morgan fingerprint density at radius 2 is 2.18 bits per heavy atom. The molecule has 0 aliphatic carbocycles. The average Bonchev–Trinajstić information content (AvgIpc) is 2.83. The van der Waals surface area contributed by atoms with Crippen LogP contribution in [-0.2, 0) is 11.2 Å². The van der Waals surface area contributed by atoms with Gasteiger partial charge in [-0.1, -0.05) is 30.3 Å². The molecule has 4 N–H and O–H groups in total. The first-order valence-electron chi connectivity index (χ1n) is 5.21. The minimum absolute atomic E-state index is 0.286. The van der Waals surface area contributed by atoms with E-state index in [-0.39, 0.29) is 5.91 Å². The fourth-order valence-electron chi connectivity index (χ4n) is 1.44. The van der Waals surface area contributed by atoms with E-state index in [0.717, 1.165) is 5.56 Å². The van der Waals surface area contributed by atoms with E-state index in [1.165, 1.54) is 6.33 Å². The summed E-state index contributed by atoms with van der Waals surface area (Å²) in [5, 5.41) is 8.71. The Morgan fingerprint density at radius 1 is 1.41 bits per heavy atom. The maximum atomic E-state index is 11.7. The fraction of sp³-hybridized carbons (Fsp3) is 0.182. The lowest BCUT2D eigenvalue weighted by Crippen LogP contribution is -2.37. The lowest BCUT2D eigenvalue weighted by Gasteiger charge is -2.10. The molecule has 0 aliphatic rings. The largest absolute Gasteiger partial charge is 0.320 e. The van der Waals surface area contributed by atoms with Gasteiger partial charge in [0.05, 0.1) is 6.04 Å². The summed E-state index contributed by atoms with van der Waals surface area (Å²) in [4.78, 5) is 15.5. The first-order valence-corrected chi connectivity index (χ1v) is 5.21. The van der Waals surface area contributed by atoms with Gasteiger partial charge in [-0.25, -0.2) is 5.10 Å². The molecule has 1 atom stereocenters. The number of carbonyl (C=O) groups is 1. The summed E-state index contributed by atoms with van der Waals surface area (Å²) < 4.78 is 0. The molecule has 1 unspecified atom stereocenters. The van der Waals surface area contributed by atoms with Crippen molar-refractivity contribution in [1.29, 1.82) is 0 Å². The van der Waals surface area contributed by atoms with Crippen molar-refractivity contribution in [2.24, 2.45) is 5.73 Å². The molecular weight excluding hydrogens is 218 g/mol. The Morgan fingerprint density at radius 3 is 2.82 bits per heavy atom. The second kappa shape index (κ2) is 5.22. The quantitative estimate of drug-likeness (QED) is 0.705. The van der Waals surface area contributed by atoms with Crippen molar-refractivity contribution in [1.82, 2.24) is 15.2 Å². The van der Waals surface area contributed by atoms with Gasteiger partial charge in [0.15, 0.2) is 0 Å². The van der Waals surface area contributed by atoms with E-state index in [9.17, 15) is 4.79 Å². The Labute approximate surface area is 98.3 Å². The topological polar surface area (TPSA) is 96.7 Å². The summed E-state index contributed by atoms with van der Waals surface area (Å²) in [5.74, 6) is 0.0177. The molecule has 6 heteroatoms. The standard InChI is InChI=1S/C11H13N5O/c12-9(6-8-4-2-1-3-5-8)10(17)15-11-13-7-14-16-11/h1-5,7,9H,6,12H2,(H2,13,14,15,16,17). The van der Waals surface area contributed by atoms with Crippen LogP contribution in [-0.4, -0.2) is 27.1 Å². The van der Waals surface area contributed by atoms with Crippen molar-refractivity contribution in [3.63, 3.8) is 0 Å². The molecule has 1 amide bonds. The van der Waals surface area contributed by atoms with Crippen LogP contribution in [0.25, 0.3) is 0 Å². The third-order valence-corrected chi connectivity index (χ3v) is 2.29. The summed E-state index contributed by atoms with van der Waals surface area (Å²) >= 11 is 0. The monoisotopic (exact) mass is 231 g/mol. The van der Waals surface area contributed by atoms with Gasteiger partial charge in [0.25, 0.3) is 0 Å². The number of nitrogens with two attached hydrogens (primary N) is 1. The summed E-state index contributed by atoms with van der Waals surface area (Å²) in [5.41, 5.74) is 6.81. The van der Waals surface area contributed by atoms with Gasteiger partial charge in [-0.2, -0.15) is 10.1 Å². The second-order valence-corrected chi connectivity index (χ2v) is 3.62. The molecule has 0 aliphatic heterocycles. The van der Waals surface area contributed by atoms with Gasteiger partial charge in [0.1, 0.15) is 6.33 Å². The van der Waals surface area contributed by atoms with Gasteiger partial charge in [-0.15, -0.1) is 0 Å². The molecule has 0 radical (unpaired) electrons. The van der Waals surface area contributed by atoms with Crippen molar-refractivity contribution in [2.75, 3.05) is 5.32 Å². The van der Waals surface area contributed by atoms with Gasteiger partial charge >= 0.3 is 0 Å². The highest BCUT2D eigenvalue weighted by Crippen LogP contribution is 2.03. The third kappa shape index (κ3) is 3.12. The fourth-order valence-corrected chi connectivity index (χ4v) is 1.44. The van der Waals surface area contributed by atoms with Crippen LogP contribution in [0.5, 0.6) is 0 Å². The summed E-state index contributed by atoms with van der Waals surface area (Å²) in [6, 6.07) is 9.00. The molecule has 0 saturated heterocycles. The SMILES string of the molecule is NC(Cc1ccccc1)C(=O)Nc1ncn[nH]1. The van der Waals surface area contributed by atoms with Crippen LogP contribution in [0.3, 0.4) is 0 Å². The Bertz CT molecular complexity index is 468. The number of hydrogen-bond donors (Lipinski definition) is 3. The van der Waals surface area contributed by atoms with Crippen molar-refractivity contribution in [3.05, 3.63) is 42.2 Å². The molecule has 1 aromatic carbocycles. The van der Waals surface area contributed by atoms with E-state index in [4.69, 9.17) is 5.73 Å². The number of carbonyl (C=O) groups excluding carboxylic acids is 1. The lowest BCUT2D eigenvalue weighted by atomic mass is 10.1. The molecule has 0 spiro atoms. The van der Waals surface area contributed by atoms with Crippen LogP contribution in [0, 0.1) is 0 Å². The molecule has 17 heavy (non-hydrogen) atoms. The minimum Gasteiger partial charge on any atom is -0.320 e. The van der Waals surface area contributed by atoms with Crippen molar-refractivity contribution in [3.8, 4) is 0 Å². The summed E-state index contributed by atoms with van der Waals surface area (Å²) in [6.45, 7) is 0. The van der Waals surface area contributed by atoms with Crippen LogP contribution >= 0.6 is 0 Å². The molecule has 6 nitrogen and oxygen atoms in total. The van der Waals surface area contributed by atoms with E-state index >= 15 is 0 Å². The Kier molecular flexibility index (Phi) is 3.46. The van der Waals surface area contributed by atoms with Crippen LogP contribution in [0.2, 0.25) is 0 Å². The lowest BCUT2D eigenvalue weighted by molar-refractivity contribution is -0.117. The third-order valence-electron chi connectivity index (χ3n) is 2.29. The van der Waals surface area contributed by atoms with Gasteiger partial charge in [0, 0.05) is 0 Å². The number of aromatic nitrogens is 3. The molecule has 0 bridgehead atoms. The van der Waals surface area contributed by atoms with Gasteiger partial charge in [-0.05, 0) is 12.0 Å². The molecule has 0 fully saturated rings. The minimum atomic E-state index is -0.609. The number of nitrogens with one attached hydrogen (secondary N) is 2. The smallest absolute Gasteiger partial charge is 0.243 e. The van der Waals surface area contributed by atoms with Crippen molar-refractivity contribution < 1.29 is 4.79 Å². The number of hydrogen-bond acceptors (Lipinski definition) is 4. The van der Waals surface area contributed by atoms with Crippen LogP contribution in [0.4, 0.5) is 5.95 Å². The number of amides is 1. The highest BCUT2D eigenvalue weighted by Gasteiger charge is 2.14. The van der Waals surface area contributed by atoms with Gasteiger partial charge in [-0.3, -0.25) is 10.1 Å². The molecule has 2 aromatic rings. The zero-order chi connectivity index (χ0) is 12.1. The van der Waals surface area contributed by atoms with Crippen molar-refractivity contribution in [2.45, 2.75) is 12.5 Å². The number of anilines is 1. The van der Waals surface area contributed by atoms with E-state index in [1.54, 1.807) is 0 Å². The molecule has 0 saturated carbocycles. The zero-order valence-electron chi connectivity index (χ0n) is 9.13. The predicted molar refractivity (Wildman–Crippen MR) is 63.1 cm³/mol. The maximum absolute atomic E-state index is 11.7. The number of aromatic amines is 1. The first kappa shape index (κ1) is 11.3. The van der Waals surface area contributed by atoms with Crippen LogP contribution in [0.1, 0.15) is 5.56 Å². The van der Waals surface area contributed by atoms with Gasteiger partial charge < -0.3 is 5.73 Å². The molecule has 1 aromatic heterocycles. The molecule has 88 valence electrons. The number of rotatable bonds is 4. The Hall–Kier alpha value is -2.21. The van der Waals surface area contributed by atoms with E-state index < -0.39 is 6.04 Å². The van der Waals surface area contributed by atoms with Crippen molar-refractivity contribution >= 4 is 11.9 Å². The highest BCUT2D eigenvalue weighted by molar-refractivity contribution is 5.93. The molecule has 2 rings (SSSR count). The first-order chi connectivity index (χ1) is 8.25. The maximum Gasteiger partial charge on any atom is 0.243 e. The molecular formula is C11H13N5O. The van der Waals surface area contributed by atoms with E-state index in [2.05, 4.69) is 20.5 Å². The Balaban J connectivity index is 1.92. The summed E-state index contributed by atoms with van der Waals surface area (Å²) in [7, 11) is 0. The van der Waals surface area contributed by atoms with E-state index in [0.29, 0.717) is 12.4 Å². The highest BCUT2D eigenvalue weighted by atomic mass is 16.2. The normalized spacial score (nSPS) is 12.1. The van der Waals surface area contributed by atoms with E-state index in [1.807, 2.05) is 30.3 Å². The second-order valence-electron chi connectivity index (χ2n) is 3.62. The average molecular weight is 231 g/mol. The number of benzene rings is 1. The van der Waals surface area contributed by atoms with Crippen LogP contribution in [0.15, 0.2) is 36.7 Å². The number of H-pyrrole nitrogens is 1. The van der Waals surface area contributed by atoms with Crippen LogP contribution < -0.4 is 11.1 Å². The summed E-state index contributed by atoms with van der Waals surface area (Å²) in [6.07, 6.45) is 1.80. The zero-order valence-corrected chi connectivity index (χ0v) is 9.13. The molecule has 1 heterocycles. The predicted octanol–water partition coefficient (Wildman–Crippen LogP) is 0.313. The number of nitrogens with zero attached hydrogens (tertiary/aromatic N) is 2.